The molecule has 0 spiro atoms. The summed E-state index contributed by atoms with van der Waals surface area (Å²) in [6, 6.07) is 0. The molecule has 0 atom stereocenters. The molecule has 9 heavy (non-hydrogen) atoms. The zero-order valence-electron chi connectivity index (χ0n) is 6.30. The van der Waals surface area contributed by atoms with Crippen molar-refractivity contribution in [1.82, 2.24) is 0 Å². The molecule has 0 bridgehead atoms. The van der Waals surface area contributed by atoms with Crippen LogP contribution in [-0.4, -0.2) is 12.2 Å². The van der Waals surface area contributed by atoms with Gasteiger partial charge in [-0.05, 0) is 6.92 Å². The third-order valence-corrected chi connectivity index (χ3v) is 0.329. The molecule has 0 aromatic heterocycles. The van der Waals surface area contributed by atoms with Crippen LogP contribution in [0, 0.1) is 0 Å². The lowest BCUT2D eigenvalue weighted by Gasteiger charge is -1.56. The fraction of sp³-hybridized carbons (Fsp3) is 0.250. The van der Waals surface area contributed by atoms with Crippen molar-refractivity contribution in [3.63, 3.8) is 0 Å². The van der Waals surface area contributed by atoms with Gasteiger partial charge in [0.05, 0.1) is 0 Å². The van der Waals surface area contributed by atoms with E-state index >= 15 is 0 Å². The number of allylic oxidation sites excluding steroid dienone is 3. The van der Waals surface area contributed by atoms with E-state index in [1.807, 2.05) is 19.1 Å². The van der Waals surface area contributed by atoms with Crippen LogP contribution in [0.2, 0.25) is 0 Å². The summed E-state index contributed by atoms with van der Waals surface area (Å²) >= 11 is 0. The van der Waals surface area contributed by atoms with E-state index in [2.05, 4.69) is 19.7 Å². The summed E-state index contributed by atoms with van der Waals surface area (Å²) < 4.78 is 0. The van der Waals surface area contributed by atoms with Crippen molar-refractivity contribution in [2.24, 2.45) is 0 Å². The molecule has 1 nitrogen and oxygen atoms in total. The molecule has 0 saturated heterocycles. The predicted molar refractivity (Wildman–Crippen MR) is 44.4 cm³/mol. The molecule has 0 unspecified atom stereocenters. The molecule has 0 radical (unpaired) electrons. The monoisotopic (exact) mass is 128 g/mol. The minimum atomic E-state index is 1.00. The Morgan fingerprint density at radius 3 is 1.56 bits per heavy atom. The van der Waals surface area contributed by atoms with Gasteiger partial charge in [-0.2, -0.15) is 0 Å². The molecule has 0 aliphatic rings. The van der Waals surface area contributed by atoms with Crippen molar-refractivity contribution in [2.75, 3.05) is 7.11 Å². The average molecular weight is 128 g/mol. The van der Waals surface area contributed by atoms with Crippen LogP contribution >= 0.6 is 0 Å². The Labute approximate surface area is 58.0 Å². The number of hydrogen-bond donors (Lipinski definition) is 1. The lowest BCUT2D eigenvalue weighted by molar-refractivity contribution is 0.399. The lowest BCUT2D eigenvalue weighted by atomic mass is 10.5. The van der Waals surface area contributed by atoms with Gasteiger partial charge in [0, 0.05) is 7.11 Å². The number of aliphatic hydroxyl groups excluding tert-OH is 1. The van der Waals surface area contributed by atoms with Gasteiger partial charge in [0.1, 0.15) is 0 Å². The van der Waals surface area contributed by atoms with Crippen LogP contribution in [0.4, 0.5) is 0 Å². The second kappa shape index (κ2) is 57.7. The average Bonchev–Trinajstić information content (AvgIpc) is 1.98. The van der Waals surface area contributed by atoms with Gasteiger partial charge in [-0.3, -0.25) is 0 Å². The van der Waals surface area contributed by atoms with Gasteiger partial charge in [-0.15, -0.1) is 13.2 Å². The molecule has 0 rings (SSSR count). The molecule has 0 aliphatic heterocycles. The summed E-state index contributed by atoms with van der Waals surface area (Å²) in [5.41, 5.74) is 0. The zero-order valence-corrected chi connectivity index (χ0v) is 6.30. The summed E-state index contributed by atoms with van der Waals surface area (Å²) in [6.45, 7) is 11.4. The first kappa shape index (κ1) is 15.7. The van der Waals surface area contributed by atoms with E-state index in [0.717, 1.165) is 7.11 Å². The topological polar surface area (TPSA) is 20.2 Å². The summed E-state index contributed by atoms with van der Waals surface area (Å²) in [4.78, 5) is 0. The maximum atomic E-state index is 7.00. The number of aliphatic hydroxyl groups is 1. The largest absolute Gasteiger partial charge is 0.400 e. The maximum absolute atomic E-state index is 7.00. The van der Waals surface area contributed by atoms with Gasteiger partial charge in [0.15, 0.2) is 0 Å². The lowest BCUT2D eigenvalue weighted by Crippen LogP contribution is -1.33. The fourth-order valence-electron chi connectivity index (χ4n) is 0.136. The summed E-state index contributed by atoms with van der Waals surface area (Å²) in [5, 5.41) is 7.00. The van der Waals surface area contributed by atoms with Crippen LogP contribution in [0.3, 0.4) is 0 Å². The van der Waals surface area contributed by atoms with E-state index in [1.54, 1.807) is 6.08 Å². The first-order valence-electron chi connectivity index (χ1n) is 2.60. The third-order valence-electron chi connectivity index (χ3n) is 0.329. The van der Waals surface area contributed by atoms with Crippen molar-refractivity contribution < 1.29 is 5.11 Å². The molecule has 0 aliphatic carbocycles. The van der Waals surface area contributed by atoms with E-state index in [0.29, 0.717) is 0 Å². The minimum Gasteiger partial charge on any atom is -0.400 e. The Hall–Kier alpha value is -0.820. The second-order valence-corrected chi connectivity index (χ2v) is 0.761. The van der Waals surface area contributed by atoms with Crippen LogP contribution in [0.1, 0.15) is 6.92 Å². The summed E-state index contributed by atoms with van der Waals surface area (Å²) in [5.74, 6) is 0. The van der Waals surface area contributed by atoms with Crippen LogP contribution in [0.25, 0.3) is 0 Å². The van der Waals surface area contributed by atoms with Crippen molar-refractivity contribution in [3.05, 3.63) is 38.0 Å². The quantitative estimate of drug-likeness (QED) is 0.424. The first-order chi connectivity index (χ1) is 4.41. The van der Waals surface area contributed by atoms with E-state index in [-0.39, 0.29) is 0 Å². The van der Waals surface area contributed by atoms with Gasteiger partial charge in [0.2, 0.25) is 0 Å². The van der Waals surface area contributed by atoms with Crippen molar-refractivity contribution >= 4 is 0 Å². The van der Waals surface area contributed by atoms with Crippen LogP contribution in [0.5, 0.6) is 0 Å². The number of rotatable bonds is 1. The molecule has 1 N–H and O–H groups in total. The fourth-order valence-corrected chi connectivity index (χ4v) is 0.136. The smallest absolute Gasteiger partial charge is 0.0319 e. The third kappa shape index (κ3) is 138. The molecule has 0 fully saturated rings. The molecule has 54 valence electrons. The van der Waals surface area contributed by atoms with Gasteiger partial charge >= 0.3 is 0 Å². The van der Waals surface area contributed by atoms with E-state index in [9.17, 15) is 0 Å². The molecule has 0 saturated carbocycles. The van der Waals surface area contributed by atoms with Crippen molar-refractivity contribution in [1.29, 1.82) is 0 Å². The van der Waals surface area contributed by atoms with Gasteiger partial charge in [-0.25, -0.2) is 0 Å². The molecule has 1 heteroatoms. The first-order valence-corrected chi connectivity index (χ1v) is 2.60. The second-order valence-electron chi connectivity index (χ2n) is 0.761. The van der Waals surface area contributed by atoms with E-state index in [1.165, 1.54) is 0 Å². The molecular formula is C8H16O. The highest BCUT2D eigenvalue weighted by atomic mass is 16.2. The molecule has 0 heterocycles. The van der Waals surface area contributed by atoms with Crippen LogP contribution in [-0.2, 0) is 0 Å². The molecule has 0 aromatic rings. The predicted octanol–water partition coefficient (Wildman–Crippen LogP) is 2.16. The normalized spacial score (nSPS) is 6.11. The summed E-state index contributed by atoms with van der Waals surface area (Å²) in [7, 11) is 1.00. The minimum absolute atomic E-state index is 1.00. The number of hydrogen-bond acceptors (Lipinski definition) is 1. The van der Waals surface area contributed by atoms with E-state index < -0.39 is 0 Å². The van der Waals surface area contributed by atoms with Crippen LogP contribution in [0.15, 0.2) is 38.0 Å². The highest BCUT2D eigenvalue weighted by Gasteiger charge is 1.42. The molecule has 0 aromatic carbocycles. The van der Waals surface area contributed by atoms with Crippen molar-refractivity contribution in [3.8, 4) is 0 Å². The van der Waals surface area contributed by atoms with Gasteiger partial charge in [-0.1, -0.05) is 24.8 Å². The maximum Gasteiger partial charge on any atom is 0.0319 e. The molecule has 0 amide bonds. The van der Waals surface area contributed by atoms with Crippen LogP contribution < -0.4 is 0 Å². The highest BCUT2D eigenvalue weighted by Crippen LogP contribution is 1.64. The Balaban J connectivity index is -0.0000000771. The molecular weight excluding hydrogens is 112 g/mol. The Morgan fingerprint density at radius 2 is 1.56 bits per heavy atom. The zero-order chi connectivity index (χ0) is 8.12. The summed E-state index contributed by atoms with van der Waals surface area (Å²) in [6.07, 6.45) is 5.58. The standard InChI is InChI=1S/C5H8.C2H4.CH4O/c1-3-5-4-2;2*1-2/h3-5H,1H2,2H3;1-2H2;2H,1H3/b5-4-;;. The van der Waals surface area contributed by atoms with Crippen molar-refractivity contribution in [2.45, 2.75) is 6.92 Å². The SMILES string of the molecule is C=C.C=C/C=C\C.CO. The van der Waals surface area contributed by atoms with Gasteiger partial charge < -0.3 is 5.11 Å². The van der Waals surface area contributed by atoms with E-state index in [4.69, 9.17) is 5.11 Å². The Morgan fingerprint density at radius 1 is 1.22 bits per heavy atom. The van der Waals surface area contributed by atoms with Gasteiger partial charge in [0.25, 0.3) is 0 Å². The Kier molecular flexibility index (Phi) is 101. The highest BCUT2D eigenvalue weighted by molar-refractivity contribution is 4.94. The Bertz CT molecular complexity index is 55.6.